The van der Waals surface area contributed by atoms with Crippen LogP contribution < -0.4 is 10.6 Å². The maximum Gasteiger partial charge on any atom is 0.314 e. The van der Waals surface area contributed by atoms with E-state index in [-0.39, 0.29) is 17.6 Å². The van der Waals surface area contributed by atoms with Crippen molar-refractivity contribution in [1.29, 1.82) is 0 Å². The maximum absolute atomic E-state index is 11.6. The number of nitrogens with one attached hydrogen (secondary N) is 2. The average Bonchev–Trinajstić information content (AvgIpc) is 2.74. The third kappa shape index (κ3) is 6.21. The zero-order chi connectivity index (χ0) is 13.6. The molecule has 2 amide bonds. The summed E-state index contributed by atoms with van der Waals surface area (Å²) in [6.45, 7) is 8.61. The lowest BCUT2D eigenvalue weighted by atomic mass is 9.87. The quantitative estimate of drug-likeness (QED) is 0.668. The Morgan fingerprint density at radius 2 is 2.22 bits per heavy atom. The van der Waals surface area contributed by atoms with E-state index in [1.54, 1.807) is 6.92 Å². The monoisotopic (exact) mass is 258 g/mol. The lowest BCUT2D eigenvalue weighted by molar-refractivity contribution is 0.128. The van der Waals surface area contributed by atoms with Gasteiger partial charge in [0.2, 0.25) is 0 Å². The minimum Gasteiger partial charge on any atom is -0.393 e. The fourth-order valence-corrected chi connectivity index (χ4v) is 2.24. The number of rotatable bonds is 6. The molecule has 0 aromatic carbocycles. The third-order valence-corrected chi connectivity index (χ3v) is 3.15. The molecule has 0 radical (unpaired) electrons. The van der Waals surface area contributed by atoms with Crippen LogP contribution in [-0.2, 0) is 4.74 Å². The van der Waals surface area contributed by atoms with Crippen molar-refractivity contribution in [2.45, 2.75) is 39.7 Å². The van der Waals surface area contributed by atoms with E-state index >= 15 is 0 Å². The zero-order valence-corrected chi connectivity index (χ0v) is 11.7. The van der Waals surface area contributed by atoms with Crippen molar-refractivity contribution in [2.24, 2.45) is 11.3 Å². The molecular formula is C13H26N2O3. The lowest BCUT2D eigenvalue weighted by Crippen LogP contribution is -2.43. The van der Waals surface area contributed by atoms with E-state index in [1.165, 1.54) is 0 Å². The van der Waals surface area contributed by atoms with E-state index in [4.69, 9.17) is 4.74 Å². The Morgan fingerprint density at radius 3 is 2.78 bits per heavy atom. The summed E-state index contributed by atoms with van der Waals surface area (Å²) in [5.41, 5.74) is -0.0953. The van der Waals surface area contributed by atoms with E-state index in [0.717, 1.165) is 19.6 Å². The van der Waals surface area contributed by atoms with Crippen LogP contribution in [0.4, 0.5) is 4.79 Å². The standard InChI is InChI=1S/C13H26N2O3/c1-10(16)6-13(2,3)9-15-12(17)14-7-11-4-5-18-8-11/h10-11,16H,4-9H2,1-3H3,(H2,14,15,17)/t10-,11+/m1/s1. The second-order valence-corrected chi connectivity index (χ2v) is 6.01. The highest BCUT2D eigenvalue weighted by Gasteiger charge is 2.21. The van der Waals surface area contributed by atoms with Gasteiger partial charge in [-0.25, -0.2) is 4.79 Å². The molecule has 0 aromatic heterocycles. The minimum absolute atomic E-state index is 0.0953. The van der Waals surface area contributed by atoms with Gasteiger partial charge in [-0.3, -0.25) is 0 Å². The van der Waals surface area contributed by atoms with Crippen molar-refractivity contribution >= 4 is 6.03 Å². The van der Waals surface area contributed by atoms with Gasteiger partial charge >= 0.3 is 6.03 Å². The molecule has 0 aliphatic carbocycles. The Bertz CT molecular complexity index is 261. The molecule has 1 aliphatic heterocycles. The van der Waals surface area contributed by atoms with Crippen molar-refractivity contribution in [3.05, 3.63) is 0 Å². The molecule has 1 rings (SSSR count). The number of hydrogen-bond donors (Lipinski definition) is 3. The van der Waals surface area contributed by atoms with Crippen LogP contribution >= 0.6 is 0 Å². The predicted octanol–water partition coefficient (Wildman–Crippen LogP) is 1.12. The molecule has 106 valence electrons. The molecule has 0 bridgehead atoms. The summed E-state index contributed by atoms with van der Waals surface area (Å²) in [4.78, 5) is 11.6. The first-order chi connectivity index (χ1) is 8.39. The van der Waals surface area contributed by atoms with Crippen molar-refractivity contribution < 1.29 is 14.6 Å². The fraction of sp³-hybridized carbons (Fsp3) is 0.923. The highest BCUT2D eigenvalue weighted by molar-refractivity contribution is 5.73. The van der Waals surface area contributed by atoms with Gasteiger partial charge in [-0.15, -0.1) is 0 Å². The Balaban J connectivity index is 2.15. The van der Waals surface area contributed by atoms with Crippen LogP contribution in [0.15, 0.2) is 0 Å². The Labute approximate surface area is 109 Å². The van der Waals surface area contributed by atoms with Gasteiger partial charge in [0.1, 0.15) is 0 Å². The number of amides is 2. The SMILES string of the molecule is C[C@@H](O)CC(C)(C)CNC(=O)NC[C@@H]1CCOC1. The largest absolute Gasteiger partial charge is 0.393 e. The topological polar surface area (TPSA) is 70.6 Å². The first-order valence-corrected chi connectivity index (χ1v) is 6.66. The van der Waals surface area contributed by atoms with Crippen molar-refractivity contribution in [3.63, 3.8) is 0 Å². The molecule has 5 heteroatoms. The van der Waals surface area contributed by atoms with Crippen LogP contribution in [0.1, 0.15) is 33.6 Å². The van der Waals surface area contributed by atoms with E-state index in [9.17, 15) is 9.90 Å². The van der Waals surface area contributed by atoms with Gasteiger partial charge in [0.05, 0.1) is 12.7 Å². The molecule has 18 heavy (non-hydrogen) atoms. The van der Waals surface area contributed by atoms with E-state index in [1.807, 2.05) is 13.8 Å². The zero-order valence-electron chi connectivity index (χ0n) is 11.7. The Hall–Kier alpha value is -0.810. The van der Waals surface area contributed by atoms with Gasteiger partial charge < -0.3 is 20.5 Å². The van der Waals surface area contributed by atoms with Crippen molar-refractivity contribution in [1.82, 2.24) is 10.6 Å². The van der Waals surface area contributed by atoms with Gasteiger partial charge in [-0.2, -0.15) is 0 Å². The molecule has 0 aromatic rings. The molecule has 0 saturated carbocycles. The van der Waals surface area contributed by atoms with Crippen LogP contribution in [0.2, 0.25) is 0 Å². The first-order valence-electron chi connectivity index (χ1n) is 6.66. The number of aliphatic hydroxyl groups is 1. The van der Waals surface area contributed by atoms with Crippen molar-refractivity contribution in [2.75, 3.05) is 26.3 Å². The Morgan fingerprint density at radius 1 is 1.50 bits per heavy atom. The van der Waals surface area contributed by atoms with Crippen LogP contribution in [0.25, 0.3) is 0 Å². The molecule has 1 saturated heterocycles. The summed E-state index contributed by atoms with van der Waals surface area (Å²) in [5.74, 6) is 0.446. The summed E-state index contributed by atoms with van der Waals surface area (Å²) >= 11 is 0. The summed E-state index contributed by atoms with van der Waals surface area (Å²) in [6, 6.07) is -0.138. The average molecular weight is 258 g/mol. The highest BCUT2D eigenvalue weighted by atomic mass is 16.5. The smallest absolute Gasteiger partial charge is 0.314 e. The Kier molecular flexibility index (Phi) is 5.88. The number of carbonyl (C=O) groups is 1. The second kappa shape index (κ2) is 6.95. The molecule has 0 spiro atoms. The first kappa shape index (κ1) is 15.2. The molecule has 1 heterocycles. The van der Waals surface area contributed by atoms with Crippen molar-refractivity contribution in [3.8, 4) is 0 Å². The van der Waals surface area contributed by atoms with Gasteiger partial charge in [-0.1, -0.05) is 13.8 Å². The van der Waals surface area contributed by atoms with Crippen LogP contribution in [0, 0.1) is 11.3 Å². The normalized spacial score (nSPS) is 21.7. The summed E-state index contributed by atoms with van der Waals surface area (Å²) in [6.07, 6.45) is 1.35. The van der Waals surface area contributed by atoms with Gasteiger partial charge in [0.15, 0.2) is 0 Å². The van der Waals surface area contributed by atoms with Crippen LogP contribution in [-0.4, -0.2) is 43.5 Å². The summed E-state index contributed by atoms with van der Waals surface area (Å²) in [5, 5.41) is 15.1. The fourth-order valence-electron chi connectivity index (χ4n) is 2.24. The maximum atomic E-state index is 11.6. The van der Waals surface area contributed by atoms with Gasteiger partial charge in [0.25, 0.3) is 0 Å². The highest BCUT2D eigenvalue weighted by Crippen LogP contribution is 2.20. The molecular weight excluding hydrogens is 232 g/mol. The number of aliphatic hydroxyl groups excluding tert-OH is 1. The van der Waals surface area contributed by atoms with Crippen LogP contribution in [0.3, 0.4) is 0 Å². The second-order valence-electron chi connectivity index (χ2n) is 6.01. The van der Waals surface area contributed by atoms with Gasteiger partial charge in [0, 0.05) is 25.6 Å². The molecule has 2 atom stereocenters. The minimum atomic E-state index is -0.347. The summed E-state index contributed by atoms with van der Waals surface area (Å²) in [7, 11) is 0. The van der Waals surface area contributed by atoms with Gasteiger partial charge in [-0.05, 0) is 25.2 Å². The van der Waals surface area contributed by atoms with E-state index in [0.29, 0.717) is 25.4 Å². The third-order valence-electron chi connectivity index (χ3n) is 3.15. The number of carbonyl (C=O) groups excluding carboxylic acids is 1. The molecule has 5 nitrogen and oxygen atoms in total. The number of urea groups is 1. The molecule has 0 unspecified atom stereocenters. The predicted molar refractivity (Wildman–Crippen MR) is 70.4 cm³/mol. The van der Waals surface area contributed by atoms with E-state index < -0.39 is 0 Å². The number of ether oxygens (including phenoxy) is 1. The van der Waals surface area contributed by atoms with Crippen LogP contribution in [0.5, 0.6) is 0 Å². The molecule has 3 N–H and O–H groups in total. The molecule has 1 aliphatic rings. The lowest BCUT2D eigenvalue weighted by Gasteiger charge is -2.26. The summed E-state index contributed by atoms with van der Waals surface area (Å²) < 4.78 is 5.25. The molecule has 1 fully saturated rings. The van der Waals surface area contributed by atoms with E-state index in [2.05, 4.69) is 10.6 Å². The number of hydrogen-bond acceptors (Lipinski definition) is 3.